The molecular weight excluding hydrogens is 134 g/mol. The Morgan fingerprint density at radius 1 is 1.80 bits per heavy atom. The molecule has 0 bridgehead atoms. The summed E-state index contributed by atoms with van der Waals surface area (Å²) >= 11 is 0. The highest BCUT2D eigenvalue weighted by molar-refractivity contribution is 5.69. The first-order valence-corrected chi connectivity index (χ1v) is 3.20. The fraction of sp³-hybridized carbons (Fsp3) is 0.833. The first kappa shape index (κ1) is 7.50. The smallest absolute Gasteiger partial charge is 0.305 e. The molecule has 58 valence electrons. The number of carboxylic acid groups (broad SMARTS) is 1. The zero-order valence-corrected chi connectivity index (χ0v) is 5.58. The van der Waals surface area contributed by atoms with Crippen LogP contribution in [0, 0.1) is 5.92 Å². The van der Waals surface area contributed by atoms with Crippen LogP contribution in [0.15, 0.2) is 0 Å². The lowest BCUT2D eigenvalue weighted by atomic mass is 10.1. The van der Waals surface area contributed by atoms with Gasteiger partial charge in [0.15, 0.2) is 0 Å². The van der Waals surface area contributed by atoms with Crippen molar-refractivity contribution in [1.29, 1.82) is 0 Å². The van der Waals surface area contributed by atoms with Crippen LogP contribution in [0.1, 0.15) is 12.8 Å². The lowest BCUT2D eigenvalue weighted by Crippen LogP contribution is -2.29. The van der Waals surface area contributed by atoms with Crippen LogP contribution in [0.3, 0.4) is 0 Å². The molecule has 0 aromatic carbocycles. The summed E-state index contributed by atoms with van der Waals surface area (Å²) in [4.78, 5) is 10.2. The molecule has 1 aliphatic carbocycles. The molecule has 4 N–H and O–H groups in total. The van der Waals surface area contributed by atoms with Crippen LogP contribution >= 0.6 is 0 Å². The van der Waals surface area contributed by atoms with Gasteiger partial charge >= 0.3 is 5.97 Å². The summed E-state index contributed by atoms with van der Waals surface area (Å²) in [5.74, 6) is -0.887. The molecule has 1 rings (SSSR count). The van der Waals surface area contributed by atoms with Crippen LogP contribution in [0.5, 0.6) is 0 Å². The van der Waals surface area contributed by atoms with Crippen molar-refractivity contribution in [3.63, 3.8) is 0 Å². The highest BCUT2D eigenvalue weighted by Gasteiger charge is 2.51. The van der Waals surface area contributed by atoms with Crippen molar-refractivity contribution < 1.29 is 15.0 Å². The molecule has 0 radical (unpaired) electrons. The van der Waals surface area contributed by atoms with Crippen LogP contribution < -0.4 is 5.73 Å². The van der Waals surface area contributed by atoms with Gasteiger partial charge in [0.25, 0.3) is 0 Å². The SMILES string of the molecule is N[C@]1(CC(=O)O)CC1CO. The van der Waals surface area contributed by atoms with Gasteiger partial charge in [-0.1, -0.05) is 0 Å². The van der Waals surface area contributed by atoms with E-state index < -0.39 is 11.5 Å². The fourth-order valence-electron chi connectivity index (χ4n) is 1.14. The molecule has 2 atom stereocenters. The average molecular weight is 145 g/mol. The second kappa shape index (κ2) is 2.21. The van der Waals surface area contributed by atoms with Gasteiger partial charge in [-0.2, -0.15) is 0 Å². The standard InChI is InChI=1S/C6H11NO3/c7-6(2-5(9)10)1-4(6)3-8/h4,8H,1-3,7H2,(H,9,10)/t4?,6-/m0/s1. The van der Waals surface area contributed by atoms with Gasteiger partial charge in [0.1, 0.15) is 0 Å². The predicted molar refractivity (Wildman–Crippen MR) is 34.4 cm³/mol. The number of carboxylic acids is 1. The lowest BCUT2D eigenvalue weighted by molar-refractivity contribution is -0.137. The Morgan fingerprint density at radius 2 is 2.40 bits per heavy atom. The number of rotatable bonds is 3. The number of aliphatic hydroxyl groups is 1. The molecule has 0 aliphatic heterocycles. The zero-order valence-electron chi connectivity index (χ0n) is 5.58. The van der Waals surface area contributed by atoms with Crippen LogP contribution in [0.25, 0.3) is 0 Å². The van der Waals surface area contributed by atoms with E-state index in [1.54, 1.807) is 0 Å². The predicted octanol–water partition coefficient (Wildman–Crippen LogP) is -0.829. The Kier molecular flexibility index (Phi) is 1.66. The van der Waals surface area contributed by atoms with E-state index in [-0.39, 0.29) is 18.9 Å². The third-order valence-electron chi connectivity index (χ3n) is 1.98. The Morgan fingerprint density at radius 3 is 2.70 bits per heavy atom. The number of aliphatic carboxylic acids is 1. The van der Waals surface area contributed by atoms with Gasteiger partial charge < -0.3 is 15.9 Å². The number of hydrogen-bond donors (Lipinski definition) is 3. The third kappa shape index (κ3) is 1.27. The van der Waals surface area contributed by atoms with Gasteiger partial charge in [-0.3, -0.25) is 4.79 Å². The summed E-state index contributed by atoms with van der Waals surface area (Å²) in [5.41, 5.74) is 4.95. The molecule has 0 saturated heterocycles. The topological polar surface area (TPSA) is 83.6 Å². The maximum atomic E-state index is 10.2. The van der Waals surface area contributed by atoms with E-state index in [4.69, 9.17) is 15.9 Å². The third-order valence-corrected chi connectivity index (χ3v) is 1.98. The van der Waals surface area contributed by atoms with Crippen molar-refractivity contribution in [2.45, 2.75) is 18.4 Å². The van der Waals surface area contributed by atoms with Gasteiger partial charge in [-0.15, -0.1) is 0 Å². The Hall–Kier alpha value is -0.610. The number of aliphatic hydroxyl groups excluding tert-OH is 1. The quantitative estimate of drug-likeness (QED) is 0.484. The minimum absolute atomic E-state index is 0.00333. The molecule has 0 heterocycles. The molecule has 0 aromatic heterocycles. The van der Waals surface area contributed by atoms with Gasteiger partial charge in [0, 0.05) is 18.1 Å². The summed E-state index contributed by atoms with van der Waals surface area (Å²) in [5, 5.41) is 16.9. The summed E-state index contributed by atoms with van der Waals surface area (Å²) in [6.45, 7) is 0.00375. The molecular formula is C6H11NO3. The first-order valence-electron chi connectivity index (χ1n) is 3.20. The summed E-state index contributed by atoms with van der Waals surface area (Å²) in [6.07, 6.45) is 0.605. The van der Waals surface area contributed by atoms with Crippen LogP contribution in [0.2, 0.25) is 0 Å². The summed E-state index contributed by atoms with van der Waals surface area (Å²) in [6, 6.07) is 0. The van der Waals surface area contributed by atoms with Crippen molar-refractivity contribution in [3.05, 3.63) is 0 Å². The Bertz CT molecular complexity index is 159. The zero-order chi connectivity index (χ0) is 7.78. The van der Waals surface area contributed by atoms with E-state index in [2.05, 4.69) is 0 Å². The Balaban J connectivity index is 2.36. The van der Waals surface area contributed by atoms with Crippen molar-refractivity contribution >= 4 is 5.97 Å². The molecule has 4 nitrogen and oxygen atoms in total. The minimum atomic E-state index is -0.890. The van der Waals surface area contributed by atoms with E-state index >= 15 is 0 Å². The largest absolute Gasteiger partial charge is 0.481 e. The van der Waals surface area contributed by atoms with Gasteiger partial charge in [-0.05, 0) is 6.42 Å². The molecule has 1 fully saturated rings. The van der Waals surface area contributed by atoms with Crippen molar-refractivity contribution in [2.24, 2.45) is 11.7 Å². The molecule has 1 aliphatic rings. The highest BCUT2D eigenvalue weighted by Crippen LogP contribution is 2.42. The van der Waals surface area contributed by atoms with Crippen LogP contribution in [-0.4, -0.2) is 28.3 Å². The minimum Gasteiger partial charge on any atom is -0.481 e. The van der Waals surface area contributed by atoms with E-state index in [1.807, 2.05) is 0 Å². The van der Waals surface area contributed by atoms with E-state index in [1.165, 1.54) is 0 Å². The number of hydrogen-bond acceptors (Lipinski definition) is 3. The van der Waals surface area contributed by atoms with E-state index in [0.29, 0.717) is 6.42 Å². The fourth-order valence-corrected chi connectivity index (χ4v) is 1.14. The molecule has 1 unspecified atom stereocenters. The maximum Gasteiger partial charge on any atom is 0.305 e. The van der Waals surface area contributed by atoms with Gasteiger partial charge in [0.05, 0.1) is 6.42 Å². The highest BCUT2D eigenvalue weighted by atomic mass is 16.4. The summed E-state index contributed by atoms with van der Waals surface area (Å²) in [7, 11) is 0. The maximum absolute atomic E-state index is 10.2. The molecule has 1 saturated carbocycles. The number of carbonyl (C=O) groups is 1. The van der Waals surface area contributed by atoms with E-state index in [0.717, 1.165) is 0 Å². The van der Waals surface area contributed by atoms with Crippen LogP contribution in [0.4, 0.5) is 0 Å². The van der Waals surface area contributed by atoms with E-state index in [9.17, 15) is 4.79 Å². The monoisotopic (exact) mass is 145 g/mol. The second-order valence-corrected chi connectivity index (χ2v) is 2.89. The van der Waals surface area contributed by atoms with Gasteiger partial charge in [-0.25, -0.2) is 0 Å². The van der Waals surface area contributed by atoms with Gasteiger partial charge in [0.2, 0.25) is 0 Å². The molecule has 10 heavy (non-hydrogen) atoms. The second-order valence-electron chi connectivity index (χ2n) is 2.89. The molecule has 0 aromatic rings. The lowest BCUT2D eigenvalue weighted by Gasteiger charge is -2.04. The van der Waals surface area contributed by atoms with Crippen molar-refractivity contribution in [1.82, 2.24) is 0 Å². The van der Waals surface area contributed by atoms with Crippen molar-refractivity contribution in [2.75, 3.05) is 6.61 Å². The van der Waals surface area contributed by atoms with Crippen LogP contribution in [-0.2, 0) is 4.79 Å². The first-order chi connectivity index (χ1) is 4.58. The normalized spacial score (nSPS) is 37.6. The number of nitrogens with two attached hydrogens (primary N) is 1. The summed E-state index contributed by atoms with van der Waals surface area (Å²) < 4.78 is 0. The molecule has 0 spiro atoms. The average Bonchev–Trinajstić information content (AvgIpc) is 2.39. The van der Waals surface area contributed by atoms with Crippen molar-refractivity contribution in [3.8, 4) is 0 Å². The molecule has 4 heteroatoms. The molecule has 0 amide bonds. The Labute approximate surface area is 58.6 Å².